The van der Waals surface area contributed by atoms with Gasteiger partial charge in [0.1, 0.15) is 16.7 Å². The lowest BCUT2D eigenvalue weighted by Gasteiger charge is -2.27. The quantitative estimate of drug-likeness (QED) is 0.169. The van der Waals surface area contributed by atoms with E-state index in [9.17, 15) is 0 Å². The molecule has 0 aliphatic rings. The fourth-order valence-electron chi connectivity index (χ4n) is 8.63. The lowest BCUT2D eigenvalue weighted by Crippen LogP contribution is -2.10. The van der Waals surface area contributed by atoms with E-state index in [0.29, 0.717) is 5.89 Å². The molecule has 0 aliphatic carbocycles. The van der Waals surface area contributed by atoms with Crippen molar-refractivity contribution in [3.8, 4) is 33.7 Å². The summed E-state index contributed by atoms with van der Waals surface area (Å²) in [4.78, 5) is 7.49. The van der Waals surface area contributed by atoms with Crippen molar-refractivity contribution in [1.29, 1.82) is 0 Å². The molecule has 12 aromatic rings. The maximum atomic E-state index is 6.64. The largest absolute Gasteiger partial charge is 0.455 e. The van der Waals surface area contributed by atoms with Crippen LogP contribution in [0.4, 0.5) is 17.1 Å². The molecule has 0 fully saturated rings. The second-order valence-electron chi connectivity index (χ2n) is 14.7. The number of oxazole rings is 1. The van der Waals surface area contributed by atoms with Crippen LogP contribution in [0.3, 0.4) is 0 Å². The highest BCUT2D eigenvalue weighted by molar-refractivity contribution is 7.26. The lowest BCUT2D eigenvalue weighted by molar-refractivity contribution is 0.620. The maximum Gasteiger partial charge on any atom is 0.227 e. The second-order valence-corrected chi connectivity index (χ2v) is 15.7. The van der Waals surface area contributed by atoms with Crippen LogP contribution < -0.4 is 4.90 Å². The van der Waals surface area contributed by atoms with Gasteiger partial charge in [-0.1, -0.05) is 127 Å². The average molecular weight is 761 g/mol. The van der Waals surface area contributed by atoms with Gasteiger partial charge in [0.15, 0.2) is 5.58 Å². The van der Waals surface area contributed by atoms with Crippen molar-refractivity contribution in [3.63, 3.8) is 0 Å². The smallest absolute Gasteiger partial charge is 0.227 e. The van der Waals surface area contributed by atoms with E-state index in [-0.39, 0.29) is 0 Å². The predicted octanol–water partition coefficient (Wildman–Crippen LogP) is 15.7. The van der Waals surface area contributed by atoms with Gasteiger partial charge in [-0.05, 0) is 94.2 Å². The molecule has 3 aromatic heterocycles. The number of rotatable bonds is 6. The first kappa shape index (κ1) is 32.7. The molecule has 12 rings (SSSR count). The summed E-state index contributed by atoms with van der Waals surface area (Å²) in [5.74, 6) is 0.583. The van der Waals surface area contributed by atoms with Crippen LogP contribution >= 0.6 is 11.3 Å². The SMILES string of the molecule is c1ccc(-c2nc3c(-c4ccc(N(c5ccc(-c6cccc7ccccc67)cc5)c5cccc6sc7ccccc7c56)cc4)c4oc5ccccc5c4cc3o2)cc1. The molecular formula is C53H32N2O2S. The molecule has 0 aliphatic heterocycles. The summed E-state index contributed by atoms with van der Waals surface area (Å²) in [5.41, 5.74) is 11.6. The van der Waals surface area contributed by atoms with E-state index in [1.165, 1.54) is 42.1 Å². The van der Waals surface area contributed by atoms with Gasteiger partial charge in [0.25, 0.3) is 0 Å². The molecule has 3 heterocycles. The fourth-order valence-corrected chi connectivity index (χ4v) is 9.75. The molecule has 0 unspecified atom stereocenters. The van der Waals surface area contributed by atoms with Crippen LogP contribution in [-0.2, 0) is 0 Å². The van der Waals surface area contributed by atoms with E-state index in [4.69, 9.17) is 13.8 Å². The van der Waals surface area contributed by atoms with Crippen LogP contribution in [0.5, 0.6) is 0 Å². The van der Waals surface area contributed by atoms with Crippen molar-refractivity contribution in [2.45, 2.75) is 0 Å². The first-order valence-corrected chi connectivity index (χ1v) is 20.3. The Morgan fingerprint density at radius 1 is 0.448 bits per heavy atom. The van der Waals surface area contributed by atoms with Crippen LogP contribution in [0.1, 0.15) is 0 Å². The number of furan rings is 1. The summed E-state index contributed by atoms with van der Waals surface area (Å²) in [7, 11) is 0. The van der Waals surface area contributed by atoms with E-state index in [1.54, 1.807) is 0 Å². The highest BCUT2D eigenvalue weighted by Gasteiger charge is 2.23. The molecular weight excluding hydrogens is 729 g/mol. The summed E-state index contributed by atoms with van der Waals surface area (Å²) in [5, 5.41) is 7.03. The maximum absolute atomic E-state index is 6.64. The van der Waals surface area contributed by atoms with Gasteiger partial charge < -0.3 is 13.7 Å². The van der Waals surface area contributed by atoms with E-state index in [1.807, 2.05) is 59.9 Å². The van der Waals surface area contributed by atoms with Crippen molar-refractivity contribution in [3.05, 3.63) is 194 Å². The van der Waals surface area contributed by atoms with Crippen molar-refractivity contribution in [2.75, 3.05) is 4.90 Å². The van der Waals surface area contributed by atoms with Crippen LogP contribution in [0.25, 0.3) is 97.7 Å². The molecule has 272 valence electrons. The Kier molecular flexibility index (Phi) is 7.37. The second kappa shape index (κ2) is 13.1. The topological polar surface area (TPSA) is 42.4 Å². The van der Waals surface area contributed by atoms with Crippen LogP contribution in [-0.4, -0.2) is 4.98 Å². The summed E-state index contributed by atoms with van der Waals surface area (Å²) in [6.07, 6.45) is 0. The number of anilines is 3. The number of thiophene rings is 1. The fraction of sp³-hybridized carbons (Fsp3) is 0. The Morgan fingerprint density at radius 2 is 1.10 bits per heavy atom. The van der Waals surface area contributed by atoms with Crippen molar-refractivity contribution in [2.24, 2.45) is 0 Å². The molecule has 0 bridgehead atoms. The van der Waals surface area contributed by atoms with Gasteiger partial charge in [0, 0.05) is 47.9 Å². The van der Waals surface area contributed by atoms with E-state index < -0.39 is 0 Å². The first-order chi connectivity index (χ1) is 28.7. The molecule has 0 saturated carbocycles. The molecule has 0 atom stereocenters. The normalized spacial score (nSPS) is 11.8. The van der Waals surface area contributed by atoms with E-state index in [0.717, 1.165) is 66.8 Å². The van der Waals surface area contributed by atoms with Gasteiger partial charge in [-0.15, -0.1) is 11.3 Å². The van der Waals surface area contributed by atoms with Crippen LogP contribution in [0.15, 0.2) is 203 Å². The molecule has 0 saturated heterocycles. The number of benzene rings is 9. The minimum Gasteiger partial charge on any atom is -0.455 e. The molecule has 0 N–H and O–H groups in total. The zero-order valence-electron chi connectivity index (χ0n) is 31.1. The molecule has 58 heavy (non-hydrogen) atoms. The van der Waals surface area contributed by atoms with Crippen LogP contribution in [0.2, 0.25) is 0 Å². The van der Waals surface area contributed by atoms with Gasteiger partial charge in [0.2, 0.25) is 5.89 Å². The summed E-state index contributed by atoms with van der Waals surface area (Å²) < 4.78 is 15.7. The Balaban J connectivity index is 1.04. The van der Waals surface area contributed by atoms with E-state index in [2.05, 4.69) is 150 Å². The molecule has 5 heteroatoms. The number of para-hydroxylation sites is 1. The zero-order chi connectivity index (χ0) is 38.2. The number of aromatic nitrogens is 1. The third kappa shape index (κ3) is 5.18. The lowest BCUT2D eigenvalue weighted by atomic mass is 9.97. The molecule has 0 amide bonds. The van der Waals surface area contributed by atoms with Gasteiger partial charge >= 0.3 is 0 Å². The Bertz CT molecular complexity index is 3500. The molecule has 0 spiro atoms. The molecule has 9 aromatic carbocycles. The third-order valence-corrected chi connectivity index (χ3v) is 12.4. The number of hydrogen-bond acceptors (Lipinski definition) is 5. The molecule has 4 nitrogen and oxygen atoms in total. The van der Waals surface area contributed by atoms with Gasteiger partial charge in [-0.2, -0.15) is 0 Å². The van der Waals surface area contributed by atoms with Gasteiger partial charge in [-0.3, -0.25) is 0 Å². The number of nitrogens with zero attached hydrogens (tertiary/aromatic N) is 2. The zero-order valence-corrected chi connectivity index (χ0v) is 31.9. The highest BCUT2D eigenvalue weighted by Crippen LogP contribution is 2.47. The predicted molar refractivity (Wildman–Crippen MR) is 243 cm³/mol. The summed E-state index contributed by atoms with van der Waals surface area (Å²) in [6.45, 7) is 0. The Labute approximate surface area is 337 Å². The first-order valence-electron chi connectivity index (χ1n) is 19.4. The average Bonchev–Trinajstić information content (AvgIpc) is 4.00. The minimum atomic E-state index is 0.583. The van der Waals surface area contributed by atoms with Crippen molar-refractivity contribution in [1.82, 2.24) is 4.98 Å². The van der Waals surface area contributed by atoms with Crippen molar-refractivity contribution < 1.29 is 8.83 Å². The standard InChI is InChI=1S/C53H32N2O2S/c1-2-13-36(14-3-1)53-54-51-46(57-53)32-43-41-17-6-8-21-45(41)56-52(43)49(51)35-26-30-38(31-27-35)55(44-20-11-23-48-50(44)42-18-7-9-22-47(42)58-48)37-28-24-34(25-29-37)40-19-10-15-33-12-4-5-16-39(33)40/h1-32H. The molecule has 0 radical (unpaired) electrons. The number of fused-ring (bicyclic) bond motifs is 8. The third-order valence-electron chi connectivity index (χ3n) is 11.3. The highest BCUT2D eigenvalue weighted by atomic mass is 32.1. The van der Waals surface area contributed by atoms with Crippen molar-refractivity contribution >= 4 is 92.4 Å². The summed E-state index contributed by atoms with van der Waals surface area (Å²) in [6, 6.07) is 68.6. The minimum absolute atomic E-state index is 0.583. The summed E-state index contributed by atoms with van der Waals surface area (Å²) >= 11 is 1.84. The number of hydrogen-bond donors (Lipinski definition) is 0. The monoisotopic (exact) mass is 760 g/mol. The van der Waals surface area contributed by atoms with Crippen LogP contribution in [0, 0.1) is 0 Å². The Hall–Kier alpha value is -7.47. The van der Waals surface area contributed by atoms with Gasteiger partial charge in [0.05, 0.1) is 11.3 Å². The Morgan fingerprint density at radius 3 is 1.93 bits per heavy atom. The van der Waals surface area contributed by atoms with E-state index >= 15 is 0 Å². The van der Waals surface area contributed by atoms with Gasteiger partial charge in [-0.25, -0.2) is 4.98 Å².